The Morgan fingerprint density at radius 3 is 2.45 bits per heavy atom. The SMILES string of the molecule is N#C/C(=C/NCc1ccccc1)C(=O)Nc1ccc(Br)cc1. The van der Waals surface area contributed by atoms with Gasteiger partial charge < -0.3 is 10.6 Å². The molecule has 0 saturated heterocycles. The summed E-state index contributed by atoms with van der Waals surface area (Å²) in [5.74, 6) is -0.439. The Bertz CT molecular complexity index is 703. The number of nitrogens with one attached hydrogen (secondary N) is 2. The number of hydrogen-bond acceptors (Lipinski definition) is 3. The van der Waals surface area contributed by atoms with Crippen LogP contribution >= 0.6 is 15.9 Å². The molecule has 2 aromatic rings. The zero-order chi connectivity index (χ0) is 15.8. The molecule has 0 unspecified atom stereocenters. The van der Waals surface area contributed by atoms with Gasteiger partial charge in [-0.05, 0) is 29.8 Å². The molecule has 2 N–H and O–H groups in total. The van der Waals surface area contributed by atoms with Gasteiger partial charge in [0.05, 0.1) is 0 Å². The first-order valence-electron chi connectivity index (χ1n) is 6.63. The van der Waals surface area contributed by atoms with Crippen molar-refractivity contribution < 1.29 is 4.79 Å². The van der Waals surface area contributed by atoms with Gasteiger partial charge in [-0.25, -0.2) is 0 Å². The number of nitriles is 1. The largest absolute Gasteiger partial charge is 0.386 e. The van der Waals surface area contributed by atoms with E-state index in [1.165, 1.54) is 6.20 Å². The van der Waals surface area contributed by atoms with Gasteiger partial charge in [-0.2, -0.15) is 5.26 Å². The molecule has 2 aromatic carbocycles. The van der Waals surface area contributed by atoms with Gasteiger partial charge in [-0.15, -0.1) is 0 Å². The van der Waals surface area contributed by atoms with Crippen LogP contribution in [0.1, 0.15) is 5.56 Å². The van der Waals surface area contributed by atoms with Crippen molar-refractivity contribution in [1.29, 1.82) is 5.26 Å². The highest BCUT2D eigenvalue weighted by Gasteiger charge is 2.08. The lowest BCUT2D eigenvalue weighted by Crippen LogP contribution is -2.16. The molecule has 4 nitrogen and oxygen atoms in total. The fraction of sp³-hybridized carbons (Fsp3) is 0.0588. The van der Waals surface area contributed by atoms with Crippen LogP contribution in [0, 0.1) is 11.3 Å². The maximum Gasteiger partial charge on any atom is 0.267 e. The quantitative estimate of drug-likeness (QED) is 0.636. The number of nitrogens with zero attached hydrogens (tertiary/aromatic N) is 1. The summed E-state index contributed by atoms with van der Waals surface area (Å²) in [5, 5.41) is 14.7. The Kier molecular flexibility index (Phi) is 5.75. The summed E-state index contributed by atoms with van der Waals surface area (Å²) in [6.07, 6.45) is 1.43. The number of amides is 1. The monoisotopic (exact) mass is 355 g/mol. The molecule has 2 rings (SSSR count). The summed E-state index contributed by atoms with van der Waals surface area (Å²) in [7, 11) is 0. The van der Waals surface area contributed by atoms with Gasteiger partial charge in [0, 0.05) is 22.9 Å². The first kappa shape index (κ1) is 15.8. The first-order valence-corrected chi connectivity index (χ1v) is 7.43. The third-order valence-corrected chi connectivity index (χ3v) is 3.39. The van der Waals surface area contributed by atoms with E-state index in [4.69, 9.17) is 5.26 Å². The number of anilines is 1. The molecule has 0 radical (unpaired) electrons. The minimum absolute atomic E-state index is 0.0267. The zero-order valence-corrected chi connectivity index (χ0v) is 13.3. The molecule has 22 heavy (non-hydrogen) atoms. The van der Waals surface area contributed by atoms with Crippen LogP contribution in [0.4, 0.5) is 5.69 Å². The first-order chi connectivity index (χ1) is 10.7. The number of rotatable bonds is 5. The van der Waals surface area contributed by atoms with Crippen LogP contribution in [0.3, 0.4) is 0 Å². The molecule has 0 bridgehead atoms. The zero-order valence-electron chi connectivity index (χ0n) is 11.7. The fourth-order valence-corrected chi connectivity index (χ4v) is 2.01. The predicted octanol–water partition coefficient (Wildman–Crippen LogP) is 3.58. The van der Waals surface area contributed by atoms with Crippen LogP contribution in [0.15, 0.2) is 70.8 Å². The van der Waals surface area contributed by atoms with Crippen LogP contribution in [0.2, 0.25) is 0 Å². The van der Waals surface area contributed by atoms with Gasteiger partial charge in [0.15, 0.2) is 0 Å². The maximum absolute atomic E-state index is 12.0. The van der Waals surface area contributed by atoms with Crippen molar-refractivity contribution in [3.05, 3.63) is 76.4 Å². The van der Waals surface area contributed by atoms with Crippen molar-refractivity contribution in [3.63, 3.8) is 0 Å². The standard InChI is InChI=1S/C17H14BrN3O/c18-15-6-8-16(9-7-15)21-17(22)14(10-19)12-20-11-13-4-2-1-3-5-13/h1-9,12,20H,11H2,(H,21,22)/b14-12-. The molecule has 5 heteroatoms. The van der Waals surface area contributed by atoms with E-state index in [1.807, 2.05) is 48.5 Å². The molecule has 0 atom stereocenters. The Hall–Kier alpha value is -2.58. The van der Waals surface area contributed by atoms with Crippen LogP contribution < -0.4 is 10.6 Å². The van der Waals surface area contributed by atoms with Crippen molar-refractivity contribution in [1.82, 2.24) is 5.32 Å². The lowest BCUT2D eigenvalue weighted by molar-refractivity contribution is -0.112. The number of hydrogen-bond donors (Lipinski definition) is 2. The van der Waals surface area contributed by atoms with Gasteiger partial charge in [-0.3, -0.25) is 4.79 Å². The van der Waals surface area contributed by atoms with Gasteiger partial charge >= 0.3 is 0 Å². The Morgan fingerprint density at radius 1 is 1.14 bits per heavy atom. The Labute approximate surface area is 137 Å². The minimum Gasteiger partial charge on any atom is -0.386 e. The van der Waals surface area contributed by atoms with Crippen molar-refractivity contribution in [2.75, 3.05) is 5.32 Å². The second-order valence-corrected chi connectivity index (χ2v) is 5.41. The summed E-state index contributed by atoms with van der Waals surface area (Å²) in [5.41, 5.74) is 1.74. The third-order valence-electron chi connectivity index (χ3n) is 2.86. The van der Waals surface area contributed by atoms with Crippen LogP contribution in [0.5, 0.6) is 0 Å². The van der Waals surface area contributed by atoms with E-state index in [9.17, 15) is 4.79 Å². The molecule has 0 fully saturated rings. The van der Waals surface area contributed by atoms with E-state index < -0.39 is 5.91 Å². The molecular weight excluding hydrogens is 342 g/mol. The molecule has 0 aliphatic carbocycles. The summed E-state index contributed by atoms with van der Waals surface area (Å²) >= 11 is 3.32. The molecule has 0 spiro atoms. The molecule has 0 saturated carbocycles. The highest BCUT2D eigenvalue weighted by Crippen LogP contribution is 2.14. The maximum atomic E-state index is 12.0. The average Bonchev–Trinajstić information content (AvgIpc) is 2.54. The fourth-order valence-electron chi connectivity index (χ4n) is 1.75. The second kappa shape index (κ2) is 8.01. The second-order valence-electron chi connectivity index (χ2n) is 4.50. The van der Waals surface area contributed by atoms with Gasteiger partial charge in [0.25, 0.3) is 5.91 Å². The third kappa shape index (κ3) is 4.76. The van der Waals surface area contributed by atoms with Crippen molar-refractivity contribution >= 4 is 27.5 Å². The highest BCUT2D eigenvalue weighted by molar-refractivity contribution is 9.10. The normalized spacial score (nSPS) is 10.6. The van der Waals surface area contributed by atoms with Gasteiger partial charge in [-0.1, -0.05) is 46.3 Å². The number of benzene rings is 2. The summed E-state index contributed by atoms with van der Waals surface area (Å²) in [6, 6.07) is 18.8. The van der Waals surface area contributed by atoms with Crippen molar-refractivity contribution in [3.8, 4) is 6.07 Å². The summed E-state index contributed by atoms with van der Waals surface area (Å²) < 4.78 is 0.922. The number of halogens is 1. The van der Waals surface area contributed by atoms with E-state index in [-0.39, 0.29) is 5.57 Å². The van der Waals surface area contributed by atoms with Crippen molar-refractivity contribution in [2.24, 2.45) is 0 Å². The lowest BCUT2D eigenvalue weighted by atomic mass is 10.2. The van der Waals surface area contributed by atoms with E-state index in [1.54, 1.807) is 12.1 Å². The number of carbonyl (C=O) groups is 1. The smallest absolute Gasteiger partial charge is 0.267 e. The molecule has 0 aliphatic heterocycles. The van der Waals surface area contributed by atoms with Crippen molar-refractivity contribution in [2.45, 2.75) is 6.54 Å². The summed E-state index contributed by atoms with van der Waals surface area (Å²) in [6.45, 7) is 0.553. The Balaban J connectivity index is 1.95. The lowest BCUT2D eigenvalue weighted by Gasteiger charge is -2.05. The number of carbonyl (C=O) groups excluding carboxylic acids is 1. The van der Waals surface area contributed by atoms with Crippen LogP contribution in [0.25, 0.3) is 0 Å². The van der Waals surface area contributed by atoms with Gasteiger partial charge in [0.1, 0.15) is 11.6 Å². The topological polar surface area (TPSA) is 64.9 Å². The Morgan fingerprint density at radius 2 is 1.82 bits per heavy atom. The van der Waals surface area contributed by atoms with Crippen LogP contribution in [-0.2, 0) is 11.3 Å². The van der Waals surface area contributed by atoms with E-state index in [0.717, 1.165) is 10.0 Å². The molecule has 110 valence electrons. The highest BCUT2D eigenvalue weighted by atomic mass is 79.9. The molecule has 0 aromatic heterocycles. The average molecular weight is 356 g/mol. The molecular formula is C17H14BrN3O. The van der Waals surface area contributed by atoms with Crippen LogP contribution in [-0.4, -0.2) is 5.91 Å². The summed E-state index contributed by atoms with van der Waals surface area (Å²) in [4.78, 5) is 12.0. The van der Waals surface area contributed by atoms with E-state index in [0.29, 0.717) is 12.2 Å². The molecule has 0 aliphatic rings. The van der Waals surface area contributed by atoms with E-state index in [2.05, 4.69) is 26.6 Å². The predicted molar refractivity (Wildman–Crippen MR) is 89.7 cm³/mol. The van der Waals surface area contributed by atoms with E-state index >= 15 is 0 Å². The molecule has 0 heterocycles. The van der Waals surface area contributed by atoms with Gasteiger partial charge in [0.2, 0.25) is 0 Å². The minimum atomic E-state index is -0.439. The molecule has 1 amide bonds.